The molecular formula is C9H17N5O. The molecule has 0 radical (unpaired) electrons. The van der Waals surface area contributed by atoms with Gasteiger partial charge >= 0.3 is 0 Å². The molecule has 84 valence electrons. The van der Waals surface area contributed by atoms with Crippen molar-refractivity contribution in [2.45, 2.75) is 31.3 Å². The zero-order valence-corrected chi connectivity index (χ0v) is 9.13. The average molecular weight is 211 g/mol. The highest BCUT2D eigenvalue weighted by molar-refractivity contribution is 5.78. The van der Waals surface area contributed by atoms with Gasteiger partial charge in [0.1, 0.15) is 0 Å². The summed E-state index contributed by atoms with van der Waals surface area (Å²) in [7, 11) is 3.47. The Balaban J connectivity index is 2.65. The molecule has 1 rings (SSSR count). The highest BCUT2D eigenvalue weighted by Crippen LogP contribution is 2.27. The Morgan fingerprint density at radius 1 is 1.53 bits per heavy atom. The van der Waals surface area contributed by atoms with Gasteiger partial charge in [-0.25, -0.2) is 0 Å². The van der Waals surface area contributed by atoms with Gasteiger partial charge in [0.05, 0.1) is 6.04 Å². The molecular weight excluding hydrogens is 194 g/mol. The molecule has 0 aromatic carbocycles. The van der Waals surface area contributed by atoms with E-state index in [-0.39, 0.29) is 23.9 Å². The van der Waals surface area contributed by atoms with Gasteiger partial charge in [-0.1, -0.05) is 5.11 Å². The Kier molecular flexibility index (Phi) is 3.94. The molecule has 2 N–H and O–H groups in total. The summed E-state index contributed by atoms with van der Waals surface area (Å²) in [5.41, 5.74) is 14.2. The van der Waals surface area contributed by atoms with Crippen molar-refractivity contribution in [3.05, 3.63) is 10.4 Å². The summed E-state index contributed by atoms with van der Waals surface area (Å²) in [4.78, 5) is 16.1. The molecule has 6 nitrogen and oxygen atoms in total. The maximum Gasteiger partial charge on any atom is 0.225 e. The summed E-state index contributed by atoms with van der Waals surface area (Å²) in [6.45, 7) is 0. The minimum absolute atomic E-state index is 0.0460. The molecule has 0 spiro atoms. The quantitative estimate of drug-likeness (QED) is 0.417. The molecule has 6 heteroatoms. The Morgan fingerprint density at radius 3 is 2.73 bits per heavy atom. The smallest absolute Gasteiger partial charge is 0.225 e. The zero-order chi connectivity index (χ0) is 11.4. The van der Waals surface area contributed by atoms with E-state index >= 15 is 0 Å². The van der Waals surface area contributed by atoms with Crippen molar-refractivity contribution in [3.8, 4) is 0 Å². The Bertz CT molecular complexity index is 284. The van der Waals surface area contributed by atoms with E-state index in [4.69, 9.17) is 11.3 Å². The van der Waals surface area contributed by atoms with Crippen LogP contribution in [0.1, 0.15) is 19.3 Å². The van der Waals surface area contributed by atoms with Crippen LogP contribution in [0.5, 0.6) is 0 Å². The number of nitrogens with two attached hydrogens (primary N) is 1. The first-order valence-corrected chi connectivity index (χ1v) is 5.07. The molecule has 1 amide bonds. The zero-order valence-electron chi connectivity index (χ0n) is 9.13. The maximum absolute atomic E-state index is 11.7. The summed E-state index contributed by atoms with van der Waals surface area (Å²) in [6.07, 6.45) is 2.10. The fourth-order valence-electron chi connectivity index (χ4n) is 1.96. The van der Waals surface area contributed by atoms with E-state index in [1.54, 1.807) is 19.0 Å². The lowest BCUT2D eigenvalue weighted by Crippen LogP contribution is -2.43. The molecule has 1 aliphatic rings. The third-order valence-electron chi connectivity index (χ3n) is 2.86. The lowest BCUT2D eigenvalue weighted by molar-refractivity contribution is -0.134. The minimum atomic E-state index is -0.238. The standard InChI is InChI=1S/C9H17N5O/c1-14(2)9(15)6-3-4-7(10)8(5-6)12-13-11/h6-8H,3-5,10H2,1-2H3/t6-,7-,8+/m0/s1. The van der Waals surface area contributed by atoms with Gasteiger partial charge < -0.3 is 10.6 Å². The molecule has 0 aromatic rings. The average Bonchev–Trinajstić information content (AvgIpc) is 2.20. The van der Waals surface area contributed by atoms with Crippen molar-refractivity contribution in [1.29, 1.82) is 0 Å². The summed E-state index contributed by atoms with van der Waals surface area (Å²) < 4.78 is 0. The van der Waals surface area contributed by atoms with Crippen LogP contribution in [0.4, 0.5) is 0 Å². The molecule has 0 unspecified atom stereocenters. The van der Waals surface area contributed by atoms with Crippen LogP contribution >= 0.6 is 0 Å². The van der Waals surface area contributed by atoms with Gasteiger partial charge in [-0.3, -0.25) is 4.79 Å². The van der Waals surface area contributed by atoms with Gasteiger partial charge in [0.15, 0.2) is 0 Å². The van der Waals surface area contributed by atoms with Gasteiger partial charge in [0.2, 0.25) is 5.91 Å². The topological polar surface area (TPSA) is 95.1 Å². The van der Waals surface area contributed by atoms with E-state index < -0.39 is 0 Å². The van der Waals surface area contributed by atoms with Crippen LogP contribution in [0.25, 0.3) is 10.4 Å². The number of rotatable bonds is 2. The molecule has 0 aromatic heterocycles. The summed E-state index contributed by atoms with van der Waals surface area (Å²) in [5, 5.41) is 3.64. The molecule has 0 saturated heterocycles. The molecule has 1 saturated carbocycles. The van der Waals surface area contributed by atoms with Crippen LogP contribution < -0.4 is 5.73 Å². The molecule has 15 heavy (non-hydrogen) atoms. The first kappa shape index (κ1) is 11.8. The summed E-state index contributed by atoms with van der Waals surface area (Å²) in [6, 6.07) is -0.343. The number of hydrogen-bond acceptors (Lipinski definition) is 3. The molecule has 0 bridgehead atoms. The Morgan fingerprint density at radius 2 is 2.20 bits per heavy atom. The Labute approximate surface area is 89.0 Å². The van der Waals surface area contributed by atoms with Gasteiger partial charge in [-0.05, 0) is 24.8 Å². The van der Waals surface area contributed by atoms with Crippen LogP contribution in [0.3, 0.4) is 0 Å². The lowest BCUT2D eigenvalue weighted by Gasteiger charge is -2.31. The normalized spacial score (nSPS) is 30.5. The largest absolute Gasteiger partial charge is 0.349 e. The van der Waals surface area contributed by atoms with Crippen molar-refractivity contribution in [3.63, 3.8) is 0 Å². The van der Waals surface area contributed by atoms with E-state index in [9.17, 15) is 4.79 Å². The van der Waals surface area contributed by atoms with Gasteiger partial charge in [-0.2, -0.15) is 0 Å². The number of carbonyl (C=O) groups is 1. The maximum atomic E-state index is 11.7. The number of hydrogen-bond donors (Lipinski definition) is 1. The summed E-state index contributed by atoms with van der Waals surface area (Å²) >= 11 is 0. The second kappa shape index (κ2) is 5.00. The van der Waals surface area contributed by atoms with Crippen molar-refractivity contribution in [2.24, 2.45) is 16.8 Å². The lowest BCUT2D eigenvalue weighted by atomic mass is 9.82. The van der Waals surface area contributed by atoms with E-state index in [1.807, 2.05) is 0 Å². The van der Waals surface area contributed by atoms with Crippen LogP contribution in [0.2, 0.25) is 0 Å². The number of azide groups is 1. The third kappa shape index (κ3) is 2.84. The number of nitrogens with zero attached hydrogens (tertiary/aromatic N) is 4. The molecule has 0 aliphatic heterocycles. The van der Waals surface area contributed by atoms with Crippen molar-refractivity contribution in [2.75, 3.05) is 14.1 Å². The number of carbonyl (C=O) groups excluding carboxylic acids is 1. The fraction of sp³-hybridized carbons (Fsp3) is 0.889. The fourth-order valence-corrected chi connectivity index (χ4v) is 1.96. The van der Waals surface area contributed by atoms with Crippen molar-refractivity contribution in [1.82, 2.24) is 4.90 Å². The second-order valence-electron chi connectivity index (χ2n) is 4.18. The molecule has 3 atom stereocenters. The summed E-state index contributed by atoms with van der Waals surface area (Å²) in [5.74, 6) is 0.0512. The molecule has 0 heterocycles. The SMILES string of the molecule is CN(C)C(=O)[C@H]1CC[C@H](N)[C@H](N=[N+]=[N-])C1. The molecule has 1 fully saturated rings. The first-order valence-electron chi connectivity index (χ1n) is 5.07. The highest BCUT2D eigenvalue weighted by atomic mass is 16.2. The molecule has 1 aliphatic carbocycles. The van der Waals surface area contributed by atoms with Crippen LogP contribution in [-0.2, 0) is 4.79 Å². The monoisotopic (exact) mass is 211 g/mol. The van der Waals surface area contributed by atoms with E-state index in [2.05, 4.69) is 10.0 Å². The van der Waals surface area contributed by atoms with Crippen LogP contribution in [0.15, 0.2) is 5.11 Å². The van der Waals surface area contributed by atoms with Gasteiger partial charge in [0.25, 0.3) is 0 Å². The van der Waals surface area contributed by atoms with E-state index in [0.29, 0.717) is 6.42 Å². The number of amides is 1. The van der Waals surface area contributed by atoms with E-state index in [0.717, 1.165) is 12.8 Å². The first-order chi connectivity index (χ1) is 7.06. The predicted octanol–water partition coefficient (Wildman–Crippen LogP) is 0.881. The second-order valence-corrected chi connectivity index (χ2v) is 4.18. The van der Waals surface area contributed by atoms with Crippen molar-refractivity contribution >= 4 is 5.91 Å². The van der Waals surface area contributed by atoms with Gasteiger partial charge in [0, 0.05) is 31.0 Å². The van der Waals surface area contributed by atoms with Crippen molar-refractivity contribution < 1.29 is 4.79 Å². The predicted molar refractivity (Wildman–Crippen MR) is 56.9 cm³/mol. The third-order valence-corrected chi connectivity index (χ3v) is 2.86. The highest BCUT2D eigenvalue weighted by Gasteiger charge is 2.32. The van der Waals surface area contributed by atoms with Gasteiger partial charge in [-0.15, -0.1) is 0 Å². The minimum Gasteiger partial charge on any atom is -0.349 e. The Hall–Kier alpha value is -1.26. The van der Waals surface area contributed by atoms with E-state index in [1.165, 1.54) is 0 Å². The van der Waals surface area contributed by atoms with Crippen LogP contribution in [0, 0.1) is 5.92 Å². The van der Waals surface area contributed by atoms with Crippen LogP contribution in [-0.4, -0.2) is 37.0 Å².